The molecule has 1 aromatic heterocycles. The molecule has 0 spiro atoms. The van der Waals surface area contributed by atoms with Crippen LogP contribution in [-0.2, 0) is 6.42 Å². The molecule has 0 fully saturated rings. The molecule has 0 radical (unpaired) electrons. The number of imidazole rings is 1. The summed E-state index contributed by atoms with van der Waals surface area (Å²) in [6.07, 6.45) is -3.15. The van der Waals surface area contributed by atoms with Crippen molar-refractivity contribution in [3.05, 3.63) is 53.6 Å². The molecular formula is C16H20N2O5. The maximum Gasteiger partial charge on any atom is 0.141 e. The average Bonchev–Trinajstić information content (AvgIpc) is 2.99. The molecular weight excluding hydrogens is 300 g/mol. The molecule has 0 saturated carbocycles. The van der Waals surface area contributed by atoms with Gasteiger partial charge in [-0.1, -0.05) is 30.3 Å². The Bertz CT molecular complexity index is 660. The summed E-state index contributed by atoms with van der Waals surface area (Å²) >= 11 is 0. The third-order valence-corrected chi connectivity index (χ3v) is 4.27. The van der Waals surface area contributed by atoms with Crippen LogP contribution in [0.5, 0.6) is 0 Å². The van der Waals surface area contributed by atoms with Crippen LogP contribution in [0.2, 0.25) is 0 Å². The van der Waals surface area contributed by atoms with Gasteiger partial charge in [0.1, 0.15) is 30.2 Å². The van der Waals surface area contributed by atoms with E-state index in [-0.39, 0.29) is 5.82 Å². The van der Waals surface area contributed by atoms with E-state index >= 15 is 0 Å². The summed E-state index contributed by atoms with van der Waals surface area (Å²) in [5.41, 5.74) is 1.26. The first-order valence-corrected chi connectivity index (χ1v) is 7.48. The van der Waals surface area contributed by atoms with Crippen molar-refractivity contribution >= 4 is 0 Å². The molecule has 7 heteroatoms. The maximum atomic E-state index is 10.4. The third kappa shape index (κ3) is 2.89. The van der Waals surface area contributed by atoms with Crippen LogP contribution in [0.4, 0.5) is 0 Å². The van der Waals surface area contributed by atoms with Gasteiger partial charge >= 0.3 is 0 Å². The zero-order chi connectivity index (χ0) is 16.6. The average molecular weight is 320 g/mol. The smallest absolute Gasteiger partial charge is 0.141 e. The Kier molecular flexibility index (Phi) is 4.47. The molecule has 124 valence electrons. The number of aliphatic hydroxyl groups excluding tert-OH is 5. The molecule has 5 N–H and O–H groups in total. The SMILES string of the molecule is OC[C@@H]1[C@@H](O)[C@H](O)[C@@H](O)c2nc([C@H](O)Cc3ccccc3)cn21. The van der Waals surface area contributed by atoms with E-state index < -0.39 is 37.1 Å². The fourth-order valence-corrected chi connectivity index (χ4v) is 2.94. The van der Waals surface area contributed by atoms with Gasteiger partial charge in [-0.15, -0.1) is 0 Å². The highest BCUT2D eigenvalue weighted by Gasteiger charge is 2.41. The van der Waals surface area contributed by atoms with Crippen LogP contribution in [0.15, 0.2) is 36.5 Å². The molecule has 23 heavy (non-hydrogen) atoms. The van der Waals surface area contributed by atoms with Crippen LogP contribution in [0.1, 0.15) is 35.3 Å². The van der Waals surface area contributed by atoms with E-state index in [1.165, 1.54) is 10.8 Å². The minimum absolute atomic E-state index is 0.129. The van der Waals surface area contributed by atoms with Crippen LogP contribution in [0, 0.1) is 0 Å². The molecule has 2 aromatic rings. The van der Waals surface area contributed by atoms with E-state index in [9.17, 15) is 25.5 Å². The lowest BCUT2D eigenvalue weighted by molar-refractivity contribution is -0.108. The topological polar surface area (TPSA) is 119 Å². The first-order chi connectivity index (χ1) is 11.0. The molecule has 0 aliphatic carbocycles. The number of hydrogen-bond donors (Lipinski definition) is 5. The zero-order valence-electron chi connectivity index (χ0n) is 12.4. The Morgan fingerprint density at radius 2 is 1.78 bits per heavy atom. The summed E-state index contributed by atoms with van der Waals surface area (Å²) in [6.45, 7) is -0.414. The van der Waals surface area contributed by atoms with Gasteiger partial charge in [0.25, 0.3) is 0 Å². The van der Waals surface area contributed by atoms with E-state index in [1.807, 2.05) is 30.3 Å². The lowest BCUT2D eigenvalue weighted by Gasteiger charge is -2.35. The zero-order valence-corrected chi connectivity index (χ0v) is 12.4. The molecule has 1 aliphatic heterocycles. The maximum absolute atomic E-state index is 10.4. The van der Waals surface area contributed by atoms with Crippen molar-refractivity contribution in [3.8, 4) is 0 Å². The van der Waals surface area contributed by atoms with Crippen LogP contribution in [0.3, 0.4) is 0 Å². The van der Waals surface area contributed by atoms with Gasteiger partial charge in [-0.3, -0.25) is 0 Å². The molecule has 0 saturated heterocycles. The summed E-state index contributed by atoms with van der Waals surface area (Å²) in [7, 11) is 0. The number of hydrogen-bond acceptors (Lipinski definition) is 6. The van der Waals surface area contributed by atoms with Crippen LogP contribution < -0.4 is 0 Å². The molecule has 0 amide bonds. The van der Waals surface area contributed by atoms with Gasteiger partial charge in [0, 0.05) is 12.6 Å². The number of rotatable bonds is 4. The van der Waals surface area contributed by atoms with E-state index in [2.05, 4.69) is 4.98 Å². The molecule has 0 bridgehead atoms. The van der Waals surface area contributed by atoms with Gasteiger partial charge in [-0.2, -0.15) is 0 Å². The molecule has 1 aromatic carbocycles. The molecule has 0 unspecified atom stereocenters. The Morgan fingerprint density at radius 3 is 2.43 bits per heavy atom. The Balaban J connectivity index is 1.89. The van der Waals surface area contributed by atoms with Crippen LogP contribution >= 0.6 is 0 Å². The summed E-state index contributed by atoms with van der Waals surface area (Å²) < 4.78 is 1.42. The second-order valence-electron chi connectivity index (χ2n) is 5.81. The van der Waals surface area contributed by atoms with Gasteiger partial charge in [0.05, 0.1) is 18.3 Å². The first-order valence-electron chi connectivity index (χ1n) is 7.48. The number of aromatic nitrogens is 2. The van der Waals surface area contributed by atoms with Gasteiger partial charge in [0.2, 0.25) is 0 Å². The lowest BCUT2D eigenvalue weighted by atomic mass is 9.96. The predicted molar refractivity (Wildman–Crippen MR) is 80.4 cm³/mol. The summed E-state index contributed by atoms with van der Waals surface area (Å²) in [6, 6.07) is 8.59. The van der Waals surface area contributed by atoms with E-state index in [4.69, 9.17) is 0 Å². The van der Waals surface area contributed by atoms with E-state index in [0.717, 1.165) is 5.56 Å². The number of benzene rings is 1. The van der Waals surface area contributed by atoms with Crippen molar-refractivity contribution in [2.24, 2.45) is 0 Å². The molecule has 3 rings (SSSR count). The van der Waals surface area contributed by atoms with Crippen molar-refractivity contribution in [2.45, 2.75) is 36.9 Å². The number of fused-ring (bicyclic) bond motifs is 1. The first kappa shape index (κ1) is 16.1. The fourth-order valence-electron chi connectivity index (χ4n) is 2.94. The molecule has 7 nitrogen and oxygen atoms in total. The Morgan fingerprint density at radius 1 is 1.09 bits per heavy atom. The highest BCUT2D eigenvalue weighted by Crippen LogP contribution is 2.33. The fraction of sp³-hybridized carbons (Fsp3) is 0.438. The van der Waals surface area contributed by atoms with Crippen molar-refractivity contribution in [2.75, 3.05) is 6.61 Å². The van der Waals surface area contributed by atoms with Crippen LogP contribution in [-0.4, -0.2) is 53.9 Å². The minimum atomic E-state index is -1.43. The van der Waals surface area contributed by atoms with Crippen molar-refractivity contribution in [1.82, 2.24) is 9.55 Å². The van der Waals surface area contributed by atoms with Crippen molar-refractivity contribution < 1.29 is 25.5 Å². The quantitative estimate of drug-likeness (QED) is 0.516. The monoisotopic (exact) mass is 320 g/mol. The highest BCUT2D eigenvalue weighted by atomic mass is 16.4. The molecule has 1 aliphatic rings. The second kappa shape index (κ2) is 6.38. The van der Waals surface area contributed by atoms with Crippen LogP contribution in [0.25, 0.3) is 0 Å². The lowest BCUT2D eigenvalue weighted by Crippen LogP contribution is -2.46. The summed E-state index contributed by atoms with van der Waals surface area (Å²) in [5.74, 6) is 0.129. The minimum Gasteiger partial charge on any atom is -0.394 e. The van der Waals surface area contributed by atoms with E-state index in [1.54, 1.807) is 0 Å². The Hall–Kier alpha value is -1.77. The van der Waals surface area contributed by atoms with Crippen molar-refractivity contribution in [1.29, 1.82) is 0 Å². The number of nitrogens with zero attached hydrogens (tertiary/aromatic N) is 2. The number of aliphatic hydroxyl groups is 5. The van der Waals surface area contributed by atoms with Gasteiger partial charge in [-0.25, -0.2) is 4.98 Å². The third-order valence-electron chi connectivity index (χ3n) is 4.27. The van der Waals surface area contributed by atoms with E-state index in [0.29, 0.717) is 12.1 Å². The largest absolute Gasteiger partial charge is 0.394 e. The predicted octanol–water partition coefficient (Wildman–Crippen LogP) is -0.539. The standard InChI is InChI=1S/C16H20N2O5/c19-8-11-13(21)14(22)15(23)16-17-10(7-18(11)16)12(20)6-9-4-2-1-3-5-9/h1-5,7,11-15,19-23H,6,8H2/t11-,12-,13-,14+,15-/m1/s1. The van der Waals surface area contributed by atoms with Gasteiger partial charge in [0.15, 0.2) is 0 Å². The summed E-state index contributed by atoms with van der Waals surface area (Å²) in [5, 5.41) is 49.6. The molecule has 2 heterocycles. The van der Waals surface area contributed by atoms with Gasteiger partial charge in [-0.05, 0) is 5.56 Å². The van der Waals surface area contributed by atoms with Crippen molar-refractivity contribution in [3.63, 3.8) is 0 Å². The Labute approximate surface area is 133 Å². The summed E-state index contributed by atoms with van der Waals surface area (Å²) in [4.78, 5) is 4.19. The highest BCUT2D eigenvalue weighted by molar-refractivity contribution is 5.20. The van der Waals surface area contributed by atoms with Gasteiger partial charge < -0.3 is 30.1 Å². The normalized spacial score (nSPS) is 28.4. The second-order valence-corrected chi connectivity index (χ2v) is 5.81. The molecule has 5 atom stereocenters.